The Morgan fingerprint density at radius 2 is 1.78 bits per heavy atom. The van der Waals surface area contributed by atoms with Gasteiger partial charge in [0, 0.05) is 5.57 Å². The normalized spacial score (nSPS) is 15.4. The monoisotopic (exact) mass is 385 g/mol. The van der Waals surface area contributed by atoms with Crippen molar-refractivity contribution in [2.45, 2.75) is 37.5 Å². The molecule has 6 nitrogen and oxygen atoms in total. The molecule has 1 aromatic carbocycles. The number of benzene rings is 1. The number of carboxylic acids is 1. The number of carboxylic acid groups (broad SMARTS) is 1. The molecule has 0 aliphatic heterocycles. The van der Waals surface area contributed by atoms with Crippen molar-refractivity contribution in [1.29, 1.82) is 0 Å². The van der Waals surface area contributed by atoms with Crippen LogP contribution < -0.4 is 5.32 Å². The maximum Gasteiger partial charge on any atom is 0.416 e. The van der Waals surface area contributed by atoms with Gasteiger partial charge in [-0.1, -0.05) is 18.7 Å². The van der Waals surface area contributed by atoms with Gasteiger partial charge in [-0.2, -0.15) is 13.2 Å². The van der Waals surface area contributed by atoms with Gasteiger partial charge in [0.1, 0.15) is 12.1 Å². The first-order valence-corrected chi connectivity index (χ1v) is 8.11. The number of nitrogens with one attached hydrogen (secondary N) is 1. The zero-order chi connectivity index (χ0) is 20.2. The molecule has 1 aliphatic carbocycles. The SMILES string of the molecule is C=C(CC(=O)OC1(c2ccc(C(F)(F)F)cc2)CCC1)C(=O)NCC(=O)O. The van der Waals surface area contributed by atoms with Crippen molar-refractivity contribution in [1.82, 2.24) is 5.32 Å². The highest BCUT2D eigenvalue weighted by molar-refractivity contribution is 5.98. The van der Waals surface area contributed by atoms with Crippen LogP contribution >= 0.6 is 0 Å². The van der Waals surface area contributed by atoms with E-state index in [-0.39, 0.29) is 5.57 Å². The van der Waals surface area contributed by atoms with Gasteiger partial charge in [0.05, 0.1) is 12.0 Å². The summed E-state index contributed by atoms with van der Waals surface area (Å²) in [5.74, 6) is -2.79. The lowest BCUT2D eigenvalue weighted by Crippen LogP contribution is -2.39. The number of alkyl halides is 3. The van der Waals surface area contributed by atoms with Gasteiger partial charge < -0.3 is 15.2 Å². The molecule has 1 aromatic rings. The summed E-state index contributed by atoms with van der Waals surface area (Å²) < 4.78 is 43.5. The van der Waals surface area contributed by atoms with E-state index >= 15 is 0 Å². The number of rotatable bonds is 7. The largest absolute Gasteiger partial charge is 0.480 e. The smallest absolute Gasteiger partial charge is 0.416 e. The first kappa shape index (κ1) is 20.5. The molecule has 2 N–H and O–H groups in total. The van der Waals surface area contributed by atoms with Crippen molar-refractivity contribution in [2.75, 3.05) is 6.54 Å². The van der Waals surface area contributed by atoms with Crippen molar-refractivity contribution in [3.8, 4) is 0 Å². The molecular formula is C18H18F3NO5. The summed E-state index contributed by atoms with van der Waals surface area (Å²) >= 11 is 0. The number of halogens is 3. The lowest BCUT2D eigenvalue weighted by Gasteiger charge is -2.41. The Labute approximate surface area is 153 Å². The van der Waals surface area contributed by atoms with Crippen LogP contribution in [0.5, 0.6) is 0 Å². The number of carbonyl (C=O) groups is 3. The number of aliphatic carboxylic acids is 1. The van der Waals surface area contributed by atoms with E-state index in [1.54, 1.807) is 0 Å². The van der Waals surface area contributed by atoms with Gasteiger partial charge in [0.2, 0.25) is 5.91 Å². The Bertz CT molecular complexity index is 751. The van der Waals surface area contributed by atoms with Crippen molar-refractivity contribution in [2.24, 2.45) is 0 Å². The Kier molecular flexibility index (Phi) is 5.92. The molecule has 0 bridgehead atoms. The molecule has 1 saturated carbocycles. The molecule has 146 valence electrons. The number of ether oxygens (including phenoxy) is 1. The maximum absolute atomic E-state index is 12.7. The summed E-state index contributed by atoms with van der Waals surface area (Å²) in [7, 11) is 0. The third-order valence-electron chi connectivity index (χ3n) is 4.29. The molecule has 1 fully saturated rings. The predicted molar refractivity (Wildman–Crippen MR) is 87.5 cm³/mol. The molecule has 0 saturated heterocycles. The summed E-state index contributed by atoms with van der Waals surface area (Å²) in [6, 6.07) is 4.43. The van der Waals surface area contributed by atoms with Gasteiger partial charge in [-0.25, -0.2) is 0 Å². The van der Waals surface area contributed by atoms with Crippen molar-refractivity contribution >= 4 is 17.8 Å². The number of esters is 1. The summed E-state index contributed by atoms with van der Waals surface area (Å²) in [5, 5.41) is 10.6. The topological polar surface area (TPSA) is 92.7 Å². The Morgan fingerprint density at radius 3 is 2.22 bits per heavy atom. The summed E-state index contributed by atoms with van der Waals surface area (Å²) in [6.07, 6.45) is -3.24. The fourth-order valence-corrected chi connectivity index (χ4v) is 2.70. The molecule has 0 spiro atoms. The van der Waals surface area contributed by atoms with Gasteiger partial charge in [-0.05, 0) is 37.0 Å². The van der Waals surface area contributed by atoms with Gasteiger partial charge in [-0.3, -0.25) is 14.4 Å². The average Bonchev–Trinajstić information content (AvgIpc) is 2.55. The fraction of sp³-hybridized carbons (Fsp3) is 0.389. The van der Waals surface area contributed by atoms with E-state index in [1.807, 2.05) is 0 Å². The number of amides is 1. The number of carbonyl (C=O) groups excluding carboxylic acids is 2. The minimum Gasteiger partial charge on any atom is -0.480 e. The molecule has 0 heterocycles. The molecule has 27 heavy (non-hydrogen) atoms. The predicted octanol–water partition coefficient (Wildman–Crippen LogP) is 2.77. The van der Waals surface area contributed by atoms with Crippen LogP contribution in [0.2, 0.25) is 0 Å². The third kappa shape index (κ3) is 5.08. The quantitative estimate of drug-likeness (QED) is 0.556. The summed E-state index contributed by atoms with van der Waals surface area (Å²) in [6.45, 7) is 2.82. The zero-order valence-electron chi connectivity index (χ0n) is 14.3. The zero-order valence-corrected chi connectivity index (χ0v) is 14.3. The van der Waals surface area contributed by atoms with Crippen LogP contribution in [-0.2, 0) is 30.9 Å². The number of hydrogen-bond acceptors (Lipinski definition) is 4. The Balaban J connectivity index is 2.01. The van der Waals surface area contributed by atoms with Crippen LogP contribution in [0.3, 0.4) is 0 Å². The van der Waals surface area contributed by atoms with Crippen LogP contribution in [0.25, 0.3) is 0 Å². The first-order valence-electron chi connectivity index (χ1n) is 8.11. The van der Waals surface area contributed by atoms with Crippen LogP contribution in [0.15, 0.2) is 36.4 Å². The second kappa shape index (κ2) is 7.81. The lowest BCUT2D eigenvalue weighted by atomic mass is 9.74. The van der Waals surface area contributed by atoms with Crippen LogP contribution in [0.1, 0.15) is 36.8 Å². The van der Waals surface area contributed by atoms with E-state index < -0.39 is 48.2 Å². The number of hydrogen-bond donors (Lipinski definition) is 2. The van der Waals surface area contributed by atoms with Gasteiger partial charge in [0.15, 0.2) is 0 Å². The average molecular weight is 385 g/mol. The Hall–Kier alpha value is -2.84. The summed E-state index contributed by atoms with van der Waals surface area (Å²) in [5.41, 5.74) is -1.52. The molecular weight excluding hydrogens is 367 g/mol. The Morgan fingerprint density at radius 1 is 1.19 bits per heavy atom. The lowest BCUT2D eigenvalue weighted by molar-refractivity contribution is -0.171. The van der Waals surface area contributed by atoms with Crippen LogP contribution in [-0.4, -0.2) is 29.5 Å². The molecule has 0 aromatic heterocycles. The van der Waals surface area contributed by atoms with E-state index in [4.69, 9.17) is 9.84 Å². The molecule has 2 rings (SSSR count). The van der Waals surface area contributed by atoms with Gasteiger partial charge in [-0.15, -0.1) is 0 Å². The molecule has 1 aliphatic rings. The molecule has 1 amide bonds. The van der Waals surface area contributed by atoms with Crippen LogP contribution in [0, 0.1) is 0 Å². The van der Waals surface area contributed by atoms with E-state index in [1.165, 1.54) is 12.1 Å². The second-order valence-corrected chi connectivity index (χ2v) is 6.25. The molecule has 0 unspecified atom stereocenters. The van der Waals surface area contributed by atoms with E-state index in [0.29, 0.717) is 18.4 Å². The van der Waals surface area contributed by atoms with Crippen LogP contribution in [0.4, 0.5) is 13.2 Å². The van der Waals surface area contributed by atoms with Gasteiger partial charge in [0.25, 0.3) is 0 Å². The van der Waals surface area contributed by atoms with E-state index in [9.17, 15) is 27.6 Å². The highest BCUT2D eigenvalue weighted by Crippen LogP contribution is 2.45. The maximum atomic E-state index is 12.7. The van der Waals surface area contributed by atoms with E-state index in [2.05, 4.69) is 11.9 Å². The molecule has 9 heteroatoms. The highest BCUT2D eigenvalue weighted by Gasteiger charge is 2.43. The van der Waals surface area contributed by atoms with E-state index in [0.717, 1.165) is 18.6 Å². The minimum absolute atomic E-state index is 0.164. The van der Waals surface area contributed by atoms with Crippen molar-refractivity contribution < 1.29 is 37.4 Å². The van der Waals surface area contributed by atoms with Crippen molar-refractivity contribution in [3.63, 3.8) is 0 Å². The standard InChI is InChI=1S/C18H18F3NO5/c1-11(16(26)22-10-14(23)24)9-15(25)27-17(7-2-8-17)12-3-5-13(6-4-12)18(19,20)21/h3-6H,1-2,7-10H2,(H,22,26)(H,23,24). The minimum atomic E-state index is -4.46. The highest BCUT2D eigenvalue weighted by atomic mass is 19.4. The van der Waals surface area contributed by atoms with Crippen molar-refractivity contribution in [3.05, 3.63) is 47.5 Å². The third-order valence-corrected chi connectivity index (χ3v) is 4.29. The summed E-state index contributed by atoms with van der Waals surface area (Å²) in [4.78, 5) is 34.2. The molecule has 0 radical (unpaired) electrons. The second-order valence-electron chi connectivity index (χ2n) is 6.25. The van der Waals surface area contributed by atoms with Gasteiger partial charge >= 0.3 is 18.1 Å². The molecule has 0 atom stereocenters. The fourth-order valence-electron chi connectivity index (χ4n) is 2.70. The first-order chi connectivity index (χ1) is 12.5.